The lowest BCUT2D eigenvalue weighted by molar-refractivity contribution is 0.557. The quantitative estimate of drug-likeness (QED) is 0.193. The van der Waals surface area contributed by atoms with Gasteiger partial charge in [-0.25, -0.2) is 0 Å². The van der Waals surface area contributed by atoms with Crippen molar-refractivity contribution in [3.8, 4) is 0 Å². The molecule has 0 aromatic rings. The molecule has 0 fully saturated rings. The van der Waals surface area contributed by atoms with Gasteiger partial charge in [0.2, 0.25) is 0 Å². The molecule has 138 valence electrons. The summed E-state index contributed by atoms with van der Waals surface area (Å²) < 4.78 is 0. The predicted molar refractivity (Wildman–Crippen MR) is 107 cm³/mol. The van der Waals surface area contributed by atoms with Crippen molar-refractivity contribution in [3.63, 3.8) is 0 Å². The first kappa shape index (κ1) is 22.7. The average molecular weight is 324 g/mol. The van der Waals surface area contributed by atoms with E-state index in [1.807, 2.05) is 0 Å². The first-order chi connectivity index (χ1) is 11.4. The van der Waals surface area contributed by atoms with Crippen LogP contribution in [0.5, 0.6) is 0 Å². The summed E-state index contributed by atoms with van der Waals surface area (Å²) in [6.45, 7) is 3.15. The van der Waals surface area contributed by atoms with Crippen molar-refractivity contribution in [2.45, 2.75) is 122 Å². The molecule has 0 spiro atoms. The van der Waals surface area contributed by atoms with Gasteiger partial charge in [-0.3, -0.25) is 0 Å². The molecular formula is C22H45N. The van der Waals surface area contributed by atoms with Gasteiger partial charge in [-0.15, -0.1) is 0 Å². The maximum atomic E-state index is 5.50. The first-order valence-electron chi connectivity index (χ1n) is 10.8. The number of rotatable bonds is 19. The van der Waals surface area contributed by atoms with Crippen LogP contribution in [-0.4, -0.2) is 6.54 Å². The highest BCUT2D eigenvalue weighted by molar-refractivity contribution is 4.81. The molecule has 0 aliphatic carbocycles. The van der Waals surface area contributed by atoms with Crippen LogP contribution in [0.2, 0.25) is 0 Å². The molecule has 1 heteroatoms. The Hall–Kier alpha value is -0.300. The van der Waals surface area contributed by atoms with Gasteiger partial charge in [-0.2, -0.15) is 0 Å². The van der Waals surface area contributed by atoms with Gasteiger partial charge in [-0.1, -0.05) is 103 Å². The molecule has 0 bridgehead atoms. The van der Waals surface area contributed by atoms with Crippen LogP contribution in [-0.2, 0) is 0 Å². The third-order valence-electron chi connectivity index (χ3n) is 4.72. The monoisotopic (exact) mass is 323 g/mol. The molecule has 23 heavy (non-hydrogen) atoms. The highest BCUT2D eigenvalue weighted by atomic mass is 14.5. The van der Waals surface area contributed by atoms with Gasteiger partial charge in [0, 0.05) is 0 Å². The smallest absolute Gasteiger partial charge is 0.00773 e. The molecule has 0 rings (SSSR count). The molecule has 0 saturated carbocycles. The normalized spacial score (nSPS) is 11.6. The Morgan fingerprint density at radius 3 is 1.22 bits per heavy atom. The van der Waals surface area contributed by atoms with E-state index in [0.717, 1.165) is 6.54 Å². The summed E-state index contributed by atoms with van der Waals surface area (Å²) in [4.78, 5) is 0. The zero-order chi connectivity index (χ0) is 16.8. The minimum Gasteiger partial charge on any atom is -0.330 e. The van der Waals surface area contributed by atoms with Gasteiger partial charge in [0.15, 0.2) is 0 Å². The minimum atomic E-state index is 0.863. The Kier molecular flexibility index (Phi) is 21.4. The van der Waals surface area contributed by atoms with Crippen LogP contribution in [0, 0.1) is 0 Å². The summed E-state index contributed by atoms with van der Waals surface area (Å²) in [7, 11) is 0. The van der Waals surface area contributed by atoms with E-state index >= 15 is 0 Å². The topological polar surface area (TPSA) is 26.0 Å². The average Bonchev–Trinajstić information content (AvgIpc) is 2.57. The standard InChI is InChI=1S/C22H45N/c1-2-3-4-5-6-7-8-9-10-11-12-13-14-15-16-17-18-19-20-21-22-23/h13-14H,2-12,15-23H2,1H3/b14-13-. The van der Waals surface area contributed by atoms with Crippen LogP contribution < -0.4 is 5.73 Å². The summed E-state index contributed by atoms with van der Waals surface area (Å²) in [6, 6.07) is 0. The molecule has 0 aliphatic heterocycles. The number of hydrogen-bond acceptors (Lipinski definition) is 1. The predicted octanol–water partition coefficient (Wildman–Crippen LogP) is 7.54. The molecular weight excluding hydrogens is 278 g/mol. The lowest BCUT2D eigenvalue weighted by Crippen LogP contribution is -1.97. The molecule has 0 aromatic carbocycles. The number of nitrogens with two attached hydrogens (primary N) is 1. The first-order valence-corrected chi connectivity index (χ1v) is 10.8. The van der Waals surface area contributed by atoms with Crippen molar-refractivity contribution in [1.29, 1.82) is 0 Å². The molecule has 0 aliphatic rings. The van der Waals surface area contributed by atoms with Gasteiger partial charge in [0.25, 0.3) is 0 Å². The molecule has 0 atom stereocenters. The van der Waals surface area contributed by atoms with E-state index in [1.54, 1.807) is 0 Å². The van der Waals surface area contributed by atoms with E-state index in [4.69, 9.17) is 5.73 Å². The zero-order valence-electron chi connectivity index (χ0n) is 16.2. The van der Waals surface area contributed by atoms with E-state index in [1.165, 1.54) is 116 Å². The van der Waals surface area contributed by atoms with E-state index in [9.17, 15) is 0 Å². The van der Waals surface area contributed by atoms with Gasteiger partial charge < -0.3 is 5.73 Å². The molecule has 2 N–H and O–H groups in total. The van der Waals surface area contributed by atoms with Gasteiger partial charge in [-0.05, 0) is 38.6 Å². The van der Waals surface area contributed by atoms with Gasteiger partial charge in [0.1, 0.15) is 0 Å². The van der Waals surface area contributed by atoms with Gasteiger partial charge in [0.05, 0.1) is 0 Å². The molecule has 0 saturated heterocycles. The Morgan fingerprint density at radius 2 is 0.826 bits per heavy atom. The van der Waals surface area contributed by atoms with Crippen LogP contribution in [0.25, 0.3) is 0 Å². The fourth-order valence-corrected chi connectivity index (χ4v) is 3.10. The highest BCUT2D eigenvalue weighted by Crippen LogP contribution is 2.12. The number of unbranched alkanes of at least 4 members (excludes halogenated alkanes) is 16. The van der Waals surface area contributed by atoms with Crippen molar-refractivity contribution in [3.05, 3.63) is 12.2 Å². The fraction of sp³-hybridized carbons (Fsp3) is 0.909. The zero-order valence-corrected chi connectivity index (χ0v) is 16.2. The second-order valence-electron chi connectivity index (χ2n) is 7.14. The molecule has 0 heterocycles. The highest BCUT2D eigenvalue weighted by Gasteiger charge is 1.92. The van der Waals surface area contributed by atoms with Gasteiger partial charge >= 0.3 is 0 Å². The van der Waals surface area contributed by atoms with Crippen LogP contribution in [0.3, 0.4) is 0 Å². The van der Waals surface area contributed by atoms with E-state index in [-0.39, 0.29) is 0 Å². The molecule has 0 aromatic heterocycles. The summed E-state index contributed by atoms with van der Waals surface area (Å²) in [5.41, 5.74) is 5.50. The summed E-state index contributed by atoms with van der Waals surface area (Å²) >= 11 is 0. The van der Waals surface area contributed by atoms with E-state index < -0.39 is 0 Å². The second-order valence-corrected chi connectivity index (χ2v) is 7.14. The van der Waals surface area contributed by atoms with Crippen molar-refractivity contribution in [2.75, 3.05) is 6.54 Å². The lowest BCUT2D eigenvalue weighted by Gasteiger charge is -2.01. The Balaban J connectivity index is 3.03. The molecule has 0 radical (unpaired) electrons. The maximum absolute atomic E-state index is 5.50. The Bertz CT molecular complexity index is 222. The van der Waals surface area contributed by atoms with Crippen LogP contribution in [0.15, 0.2) is 12.2 Å². The van der Waals surface area contributed by atoms with Crippen molar-refractivity contribution < 1.29 is 0 Å². The van der Waals surface area contributed by atoms with E-state index in [0.29, 0.717) is 0 Å². The largest absolute Gasteiger partial charge is 0.330 e. The maximum Gasteiger partial charge on any atom is -0.00773 e. The lowest BCUT2D eigenvalue weighted by atomic mass is 10.1. The van der Waals surface area contributed by atoms with Crippen molar-refractivity contribution >= 4 is 0 Å². The Morgan fingerprint density at radius 1 is 0.478 bits per heavy atom. The molecule has 0 unspecified atom stereocenters. The third-order valence-corrected chi connectivity index (χ3v) is 4.72. The van der Waals surface area contributed by atoms with Crippen LogP contribution in [0.4, 0.5) is 0 Å². The van der Waals surface area contributed by atoms with Crippen LogP contribution >= 0.6 is 0 Å². The SMILES string of the molecule is CCCCCCCCCCCC/C=C\CCCCCCCCN. The van der Waals surface area contributed by atoms with Crippen molar-refractivity contribution in [1.82, 2.24) is 0 Å². The summed E-state index contributed by atoms with van der Waals surface area (Å²) in [5.74, 6) is 0. The number of hydrogen-bond donors (Lipinski definition) is 1. The minimum absolute atomic E-state index is 0.863. The van der Waals surface area contributed by atoms with E-state index in [2.05, 4.69) is 19.1 Å². The fourth-order valence-electron chi connectivity index (χ4n) is 3.10. The Labute approximate surface area is 147 Å². The second kappa shape index (κ2) is 21.7. The van der Waals surface area contributed by atoms with Crippen molar-refractivity contribution in [2.24, 2.45) is 5.73 Å². The number of allylic oxidation sites excluding steroid dienone is 2. The van der Waals surface area contributed by atoms with Crippen LogP contribution in [0.1, 0.15) is 122 Å². The third kappa shape index (κ3) is 21.7. The summed E-state index contributed by atoms with van der Waals surface area (Å²) in [5, 5.41) is 0. The molecule has 0 amide bonds. The molecule has 1 nitrogen and oxygen atoms in total. The summed E-state index contributed by atoms with van der Waals surface area (Å²) in [6.07, 6.45) is 29.9.